The van der Waals surface area contributed by atoms with E-state index in [4.69, 9.17) is 5.73 Å². The SMILES string of the molecule is NCCCC(=O)c1cccc(Br)c1F. The van der Waals surface area contributed by atoms with Crippen molar-refractivity contribution in [3.05, 3.63) is 34.1 Å². The molecule has 1 rings (SSSR count). The molecular formula is C10H11BrFNO. The highest BCUT2D eigenvalue weighted by molar-refractivity contribution is 9.10. The summed E-state index contributed by atoms with van der Waals surface area (Å²) in [4.78, 5) is 11.5. The topological polar surface area (TPSA) is 43.1 Å². The average Bonchev–Trinajstić information content (AvgIpc) is 2.18. The summed E-state index contributed by atoms with van der Waals surface area (Å²) in [6.45, 7) is 0.446. The maximum Gasteiger partial charge on any atom is 0.165 e. The number of hydrogen-bond acceptors (Lipinski definition) is 2. The summed E-state index contributed by atoms with van der Waals surface area (Å²) in [5.74, 6) is -0.691. The van der Waals surface area contributed by atoms with Crippen molar-refractivity contribution >= 4 is 21.7 Å². The Hall–Kier alpha value is -0.740. The minimum absolute atomic E-state index is 0.132. The highest BCUT2D eigenvalue weighted by atomic mass is 79.9. The molecule has 0 unspecified atom stereocenters. The second-order valence-electron chi connectivity index (χ2n) is 2.92. The summed E-state index contributed by atoms with van der Waals surface area (Å²) >= 11 is 3.03. The van der Waals surface area contributed by atoms with Crippen molar-refractivity contribution < 1.29 is 9.18 Å². The summed E-state index contributed by atoms with van der Waals surface area (Å²) in [6.07, 6.45) is 0.884. The van der Waals surface area contributed by atoms with Crippen LogP contribution in [0.3, 0.4) is 0 Å². The highest BCUT2D eigenvalue weighted by Gasteiger charge is 2.12. The Morgan fingerprint density at radius 1 is 1.50 bits per heavy atom. The lowest BCUT2D eigenvalue weighted by Crippen LogP contribution is -2.06. The number of Topliss-reactive ketones (excluding diaryl/α,β-unsaturated/α-hetero) is 1. The average molecular weight is 260 g/mol. The maximum atomic E-state index is 13.4. The molecular weight excluding hydrogens is 249 g/mol. The Morgan fingerprint density at radius 2 is 2.21 bits per heavy atom. The van der Waals surface area contributed by atoms with E-state index in [9.17, 15) is 9.18 Å². The number of carbonyl (C=O) groups is 1. The van der Waals surface area contributed by atoms with Crippen LogP contribution in [-0.2, 0) is 0 Å². The molecule has 0 bridgehead atoms. The predicted octanol–water partition coefficient (Wildman–Crippen LogP) is 2.51. The first-order valence-electron chi connectivity index (χ1n) is 4.34. The van der Waals surface area contributed by atoms with Crippen LogP contribution in [0.2, 0.25) is 0 Å². The third kappa shape index (κ3) is 2.62. The van der Waals surface area contributed by atoms with Crippen molar-refractivity contribution in [1.82, 2.24) is 0 Å². The van der Waals surface area contributed by atoms with E-state index in [1.165, 1.54) is 6.07 Å². The van der Waals surface area contributed by atoms with Gasteiger partial charge in [-0.2, -0.15) is 0 Å². The van der Waals surface area contributed by atoms with E-state index in [-0.39, 0.29) is 11.3 Å². The number of hydrogen-bond donors (Lipinski definition) is 1. The van der Waals surface area contributed by atoms with Gasteiger partial charge in [-0.1, -0.05) is 6.07 Å². The van der Waals surface area contributed by atoms with Gasteiger partial charge in [-0.25, -0.2) is 4.39 Å². The van der Waals surface area contributed by atoms with Gasteiger partial charge in [0.2, 0.25) is 0 Å². The molecule has 0 aromatic heterocycles. The molecule has 0 heterocycles. The molecule has 0 aliphatic carbocycles. The Kier molecular flexibility index (Phi) is 4.22. The number of rotatable bonds is 4. The van der Waals surface area contributed by atoms with Gasteiger partial charge in [0.05, 0.1) is 10.0 Å². The third-order valence-corrected chi connectivity index (χ3v) is 2.47. The van der Waals surface area contributed by atoms with Gasteiger partial charge in [0.15, 0.2) is 5.78 Å². The summed E-state index contributed by atoms with van der Waals surface area (Å²) in [6, 6.07) is 4.69. The number of nitrogens with two attached hydrogens (primary N) is 1. The van der Waals surface area contributed by atoms with Crippen LogP contribution in [0.4, 0.5) is 4.39 Å². The Morgan fingerprint density at radius 3 is 2.86 bits per heavy atom. The zero-order valence-electron chi connectivity index (χ0n) is 7.59. The van der Waals surface area contributed by atoms with Gasteiger partial charge >= 0.3 is 0 Å². The molecule has 1 aromatic rings. The van der Waals surface area contributed by atoms with E-state index in [1.807, 2.05) is 0 Å². The van der Waals surface area contributed by atoms with Gasteiger partial charge in [0.25, 0.3) is 0 Å². The van der Waals surface area contributed by atoms with Crippen molar-refractivity contribution in [2.24, 2.45) is 5.73 Å². The molecule has 4 heteroatoms. The number of carbonyl (C=O) groups excluding carboxylic acids is 1. The quantitative estimate of drug-likeness (QED) is 0.845. The summed E-state index contributed by atoms with van der Waals surface area (Å²) in [5.41, 5.74) is 5.40. The molecule has 0 radical (unpaired) electrons. The first kappa shape index (κ1) is 11.3. The minimum Gasteiger partial charge on any atom is -0.330 e. The van der Waals surface area contributed by atoms with Crippen LogP contribution in [0.1, 0.15) is 23.2 Å². The maximum absolute atomic E-state index is 13.4. The first-order valence-corrected chi connectivity index (χ1v) is 5.13. The second kappa shape index (κ2) is 5.22. The first-order chi connectivity index (χ1) is 6.66. The molecule has 14 heavy (non-hydrogen) atoms. The molecule has 0 spiro atoms. The van der Waals surface area contributed by atoms with E-state index >= 15 is 0 Å². The van der Waals surface area contributed by atoms with Crippen molar-refractivity contribution in [2.75, 3.05) is 6.54 Å². The number of halogens is 2. The molecule has 0 saturated carbocycles. The normalized spacial score (nSPS) is 10.2. The lowest BCUT2D eigenvalue weighted by Gasteiger charge is -2.02. The fraction of sp³-hybridized carbons (Fsp3) is 0.300. The molecule has 0 saturated heterocycles. The summed E-state index contributed by atoms with van der Waals surface area (Å²) < 4.78 is 13.7. The van der Waals surface area contributed by atoms with E-state index in [1.54, 1.807) is 12.1 Å². The van der Waals surface area contributed by atoms with Crippen molar-refractivity contribution in [1.29, 1.82) is 0 Å². The predicted molar refractivity (Wildman–Crippen MR) is 56.7 cm³/mol. The zero-order chi connectivity index (χ0) is 10.6. The van der Waals surface area contributed by atoms with Gasteiger partial charge in [0, 0.05) is 6.42 Å². The van der Waals surface area contributed by atoms with Crippen LogP contribution < -0.4 is 5.73 Å². The van der Waals surface area contributed by atoms with Gasteiger partial charge in [-0.15, -0.1) is 0 Å². The van der Waals surface area contributed by atoms with Crippen LogP contribution in [0, 0.1) is 5.82 Å². The van der Waals surface area contributed by atoms with Crippen LogP contribution >= 0.6 is 15.9 Å². The van der Waals surface area contributed by atoms with E-state index in [2.05, 4.69) is 15.9 Å². The van der Waals surface area contributed by atoms with Crippen LogP contribution in [0.15, 0.2) is 22.7 Å². The smallest absolute Gasteiger partial charge is 0.165 e. The van der Waals surface area contributed by atoms with E-state index in [0.717, 1.165) is 0 Å². The van der Waals surface area contributed by atoms with Gasteiger partial charge < -0.3 is 5.73 Å². The fourth-order valence-electron chi connectivity index (χ4n) is 1.12. The number of benzene rings is 1. The van der Waals surface area contributed by atoms with Crippen LogP contribution in [0.5, 0.6) is 0 Å². The van der Waals surface area contributed by atoms with Gasteiger partial charge in [-0.3, -0.25) is 4.79 Å². The van der Waals surface area contributed by atoms with E-state index in [0.29, 0.717) is 23.9 Å². The van der Waals surface area contributed by atoms with Crippen molar-refractivity contribution in [3.63, 3.8) is 0 Å². The molecule has 0 atom stereocenters. The highest BCUT2D eigenvalue weighted by Crippen LogP contribution is 2.19. The van der Waals surface area contributed by atoms with Gasteiger partial charge in [0.1, 0.15) is 5.82 Å². The Bertz CT molecular complexity index is 341. The van der Waals surface area contributed by atoms with Crippen molar-refractivity contribution in [2.45, 2.75) is 12.8 Å². The standard InChI is InChI=1S/C10H11BrFNO/c11-8-4-1-3-7(10(8)12)9(14)5-2-6-13/h1,3-4H,2,5-6,13H2. The molecule has 0 aliphatic rings. The lowest BCUT2D eigenvalue weighted by molar-refractivity contribution is 0.0976. The molecule has 2 nitrogen and oxygen atoms in total. The zero-order valence-corrected chi connectivity index (χ0v) is 9.18. The molecule has 2 N–H and O–H groups in total. The molecule has 0 amide bonds. The second-order valence-corrected chi connectivity index (χ2v) is 3.77. The largest absolute Gasteiger partial charge is 0.330 e. The molecule has 0 aliphatic heterocycles. The molecule has 0 fully saturated rings. The molecule has 76 valence electrons. The molecule has 1 aromatic carbocycles. The monoisotopic (exact) mass is 259 g/mol. The Balaban J connectivity index is 2.84. The fourth-order valence-corrected chi connectivity index (χ4v) is 1.48. The third-order valence-electron chi connectivity index (χ3n) is 1.86. The van der Waals surface area contributed by atoms with Crippen LogP contribution in [0.25, 0.3) is 0 Å². The van der Waals surface area contributed by atoms with E-state index < -0.39 is 5.82 Å². The van der Waals surface area contributed by atoms with Crippen molar-refractivity contribution in [3.8, 4) is 0 Å². The minimum atomic E-state index is -0.491. The lowest BCUT2D eigenvalue weighted by atomic mass is 10.1. The Labute approximate surface area is 90.4 Å². The van der Waals surface area contributed by atoms with Crippen LogP contribution in [-0.4, -0.2) is 12.3 Å². The van der Waals surface area contributed by atoms with Gasteiger partial charge in [-0.05, 0) is 41.0 Å². The summed E-state index contributed by atoms with van der Waals surface area (Å²) in [7, 11) is 0. The number of ketones is 1. The summed E-state index contributed by atoms with van der Waals surface area (Å²) in [5, 5.41) is 0.